The molecule has 0 saturated heterocycles. The first-order valence-corrected chi connectivity index (χ1v) is 12.4. The van der Waals surface area contributed by atoms with Gasteiger partial charge >= 0.3 is 10.1 Å². The van der Waals surface area contributed by atoms with Crippen LogP contribution in [0.1, 0.15) is 22.8 Å². The van der Waals surface area contributed by atoms with E-state index in [0.29, 0.717) is 16.1 Å². The number of nitro benzene ring substituents is 1. The van der Waals surface area contributed by atoms with Gasteiger partial charge in [0.1, 0.15) is 4.90 Å². The first kappa shape index (κ1) is 26.1. The number of non-ortho nitro benzene ring substituents is 1. The minimum Gasteiger partial charge on any atom is -0.490 e. The van der Waals surface area contributed by atoms with E-state index in [1.807, 2.05) is 0 Å². The maximum absolute atomic E-state index is 12.7. The first-order chi connectivity index (χ1) is 16.6. The summed E-state index contributed by atoms with van der Waals surface area (Å²) in [5, 5.41) is 15.2. The second-order valence-electron chi connectivity index (χ2n) is 6.76. The van der Waals surface area contributed by atoms with Gasteiger partial charge in [-0.05, 0) is 76.9 Å². The van der Waals surface area contributed by atoms with Crippen LogP contribution in [0.15, 0.2) is 75.1 Å². The predicted molar refractivity (Wildman–Crippen MR) is 133 cm³/mol. The number of rotatable bonds is 9. The molecule has 0 unspecified atom stereocenters. The molecule has 0 bridgehead atoms. The molecular weight excluding hydrogens is 566 g/mol. The number of halogens is 2. The van der Waals surface area contributed by atoms with Crippen molar-refractivity contribution in [1.29, 1.82) is 0 Å². The Hall–Kier alpha value is -3.48. The third-order valence-electron chi connectivity index (χ3n) is 4.35. The van der Waals surface area contributed by atoms with Crippen molar-refractivity contribution in [3.8, 4) is 11.5 Å². The summed E-state index contributed by atoms with van der Waals surface area (Å²) < 4.78 is 36.5. The fourth-order valence-corrected chi connectivity index (χ4v) is 4.46. The van der Waals surface area contributed by atoms with Crippen molar-refractivity contribution in [1.82, 2.24) is 5.43 Å². The van der Waals surface area contributed by atoms with E-state index in [2.05, 4.69) is 26.5 Å². The monoisotopic (exact) mass is 581 g/mol. The number of hydrazone groups is 1. The molecule has 13 heteroatoms. The number of hydrogen-bond donors (Lipinski definition) is 1. The van der Waals surface area contributed by atoms with Crippen molar-refractivity contribution in [3.05, 3.63) is 91.4 Å². The highest BCUT2D eigenvalue weighted by Crippen LogP contribution is 2.38. The Kier molecular flexibility index (Phi) is 8.43. The van der Waals surface area contributed by atoms with Crippen LogP contribution in [-0.2, 0) is 10.1 Å². The van der Waals surface area contributed by atoms with Gasteiger partial charge < -0.3 is 8.92 Å². The lowest BCUT2D eigenvalue weighted by Crippen LogP contribution is -2.17. The van der Waals surface area contributed by atoms with Crippen LogP contribution in [-0.4, -0.2) is 32.1 Å². The lowest BCUT2D eigenvalue weighted by Gasteiger charge is -2.14. The summed E-state index contributed by atoms with van der Waals surface area (Å²) in [4.78, 5) is 22.1. The summed E-state index contributed by atoms with van der Waals surface area (Å²) >= 11 is 9.08. The summed E-state index contributed by atoms with van der Waals surface area (Å²) in [6.07, 6.45) is 1.34. The summed E-state index contributed by atoms with van der Waals surface area (Å²) in [7, 11) is -4.33. The van der Waals surface area contributed by atoms with E-state index >= 15 is 0 Å². The maximum Gasteiger partial charge on any atom is 0.339 e. The van der Waals surface area contributed by atoms with Crippen molar-refractivity contribution in [2.45, 2.75) is 11.8 Å². The predicted octanol–water partition coefficient (Wildman–Crippen LogP) is 4.94. The largest absolute Gasteiger partial charge is 0.490 e. The molecule has 1 N–H and O–H groups in total. The van der Waals surface area contributed by atoms with Crippen LogP contribution in [0, 0.1) is 10.1 Å². The molecule has 0 aliphatic carbocycles. The molecule has 0 heterocycles. The zero-order valence-electron chi connectivity index (χ0n) is 18.0. The van der Waals surface area contributed by atoms with Gasteiger partial charge in [0.25, 0.3) is 11.6 Å². The Bertz CT molecular complexity index is 1380. The zero-order valence-corrected chi connectivity index (χ0v) is 21.1. The van der Waals surface area contributed by atoms with Gasteiger partial charge in [0, 0.05) is 22.7 Å². The van der Waals surface area contributed by atoms with Gasteiger partial charge in [-0.2, -0.15) is 13.5 Å². The number of nitrogens with one attached hydrogen (secondary N) is 1. The van der Waals surface area contributed by atoms with E-state index in [4.69, 9.17) is 20.5 Å². The minimum absolute atomic E-state index is 0.0952. The second-order valence-corrected chi connectivity index (χ2v) is 9.59. The Labute approximate surface area is 213 Å². The van der Waals surface area contributed by atoms with E-state index < -0.39 is 20.9 Å². The number of carbonyl (C=O) groups is 1. The highest BCUT2D eigenvalue weighted by Gasteiger charge is 2.23. The fourth-order valence-electron chi connectivity index (χ4n) is 2.73. The van der Waals surface area contributed by atoms with Gasteiger partial charge in [-0.15, -0.1) is 0 Å². The highest BCUT2D eigenvalue weighted by molar-refractivity contribution is 9.10. The smallest absolute Gasteiger partial charge is 0.339 e. The van der Waals surface area contributed by atoms with E-state index in [-0.39, 0.29) is 33.2 Å². The number of carbonyl (C=O) groups excluding carboxylic acids is 1. The van der Waals surface area contributed by atoms with Crippen LogP contribution in [0.25, 0.3) is 0 Å². The summed E-state index contributed by atoms with van der Waals surface area (Å²) in [5.41, 5.74) is 2.96. The Morgan fingerprint density at radius 1 is 1.17 bits per heavy atom. The SMILES string of the molecule is CCOc1cc(/C=N\NC(=O)c2ccc(Cl)cc2)cc(Br)c1OS(=O)(=O)c1ccc([N+](=O)[O-])cc1. The quantitative estimate of drug-likeness (QED) is 0.163. The standard InChI is InChI=1S/C22H17BrClN3O7S/c1-2-33-20-12-14(13-25-26-22(28)15-3-5-16(24)6-4-15)11-19(23)21(20)34-35(31,32)18-9-7-17(8-10-18)27(29)30/h3-13H,2H2,1H3,(H,26,28)/b25-13-. The van der Waals surface area contributed by atoms with Gasteiger partial charge in [-0.25, -0.2) is 5.43 Å². The second kappa shape index (κ2) is 11.3. The average molecular weight is 583 g/mol. The zero-order chi connectivity index (χ0) is 25.6. The van der Waals surface area contributed by atoms with E-state index in [1.54, 1.807) is 31.2 Å². The van der Waals surface area contributed by atoms with Crippen LogP contribution in [0.2, 0.25) is 5.02 Å². The molecule has 0 atom stereocenters. The number of hydrogen-bond acceptors (Lipinski definition) is 8. The van der Waals surface area contributed by atoms with Crippen molar-refractivity contribution in [2.75, 3.05) is 6.61 Å². The van der Waals surface area contributed by atoms with Crippen LogP contribution < -0.4 is 14.3 Å². The third-order valence-corrected chi connectivity index (χ3v) is 6.42. The molecule has 0 aliphatic heterocycles. The van der Waals surface area contributed by atoms with Crippen molar-refractivity contribution >= 4 is 55.5 Å². The molecule has 0 spiro atoms. The minimum atomic E-state index is -4.33. The van der Waals surface area contributed by atoms with Crippen molar-refractivity contribution in [2.24, 2.45) is 5.10 Å². The number of ether oxygens (including phenoxy) is 1. The van der Waals surface area contributed by atoms with Crippen LogP contribution in [0.4, 0.5) is 5.69 Å². The van der Waals surface area contributed by atoms with E-state index in [1.165, 1.54) is 18.3 Å². The van der Waals surface area contributed by atoms with Crippen LogP contribution in [0.3, 0.4) is 0 Å². The van der Waals surface area contributed by atoms with Crippen LogP contribution in [0.5, 0.6) is 11.5 Å². The molecule has 0 saturated carbocycles. The summed E-state index contributed by atoms with van der Waals surface area (Å²) in [6, 6.07) is 13.5. The topological polar surface area (TPSA) is 137 Å². The highest BCUT2D eigenvalue weighted by atomic mass is 79.9. The molecular formula is C22H17BrClN3O7S. The van der Waals surface area contributed by atoms with Crippen molar-refractivity contribution < 1.29 is 27.1 Å². The average Bonchev–Trinajstić information content (AvgIpc) is 2.82. The lowest BCUT2D eigenvalue weighted by atomic mass is 10.2. The molecule has 1 amide bonds. The molecule has 0 aromatic heterocycles. The number of benzene rings is 3. The maximum atomic E-state index is 12.7. The van der Waals surface area contributed by atoms with Gasteiger partial charge in [0.15, 0.2) is 11.5 Å². The Morgan fingerprint density at radius 3 is 2.43 bits per heavy atom. The molecule has 3 aromatic rings. The normalized spacial score (nSPS) is 11.3. The number of amides is 1. The molecule has 35 heavy (non-hydrogen) atoms. The molecule has 0 radical (unpaired) electrons. The van der Waals surface area contributed by atoms with Crippen molar-refractivity contribution in [3.63, 3.8) is 0 Å². The Morgan fingerprint density at radius 2 is 1.83 bits per heavy atom. The number of nitro groups is 1. The molecule has 3 rings (SSSR count). The Balaban J connectivity index is 1.81. The first-order valence-electron chi connectivity index (χ1n) is 9.85. The molecule has 3 aromatic carbocycles. The van der Waals surface area contributed by atoms with Crippen LogP contribution >= 0.6 is 27.5 Å². The molecule has 182 valence electrons. The summed E-state index contributed by atoms with van der Waals surface area (Å²) in [5.74, 6) is -0.471. The van der Waals surface area contributed by atoms with Gasteiger partial charge in [0.2, 0.25) is 0 Å². The molecule has 10 nitrogen and oxygen atoms in total. The number of nitrogens with zero attached hydrogens (tertiary/aromatic N) is 2. The van der Waals surface area contributed by atoms with Gasteiger partial charge in [0.05, 0.1) is 22.2 Å². The molecule has 0 aliphatic rings. The van der Waals surface area contributed by atoms with Gasteiger partial charge in [-0.1, -0.05) is 11.6 Å². The molecule has 0 fully saturated rings. The van der Waals surface area contributed by atoms with E-state index in [0.717, 1.165) is 24.3 Å². The third kappa shape index (κ3) is 6.78. The fraction of sp³-hybridized carbons (Fsp3) is 0.0909. The summed E-state index contributed by atoms with van der Waals surface area (Å²) in [6.45, 7) is 1.91. The van der Waals surface area contributed by atoms with E-state index in [9.17, 15) is 23.3 Å². The van der Waals surface area contributed by atoms with Gasteiger partial charge in [-0.3, -0.25) is 14.9 Å². The lowest BCUT2D eigenvalue weighted by molar-refractivity contribution is -0.384.